The Morgan fingerprint density at radius 2 is 1.86 bits per heavy atom. The Morgan fingerprint density at radius 1 is 1.19 bits per heavy atom. The number of nitrogens with one attached hydrogen (secondary N) is 1. The first-order valence-corrected chi connectivity index (χ1v) is 9.05. The van der Waals surface area contributed by atoms with E-state index in [0.717, 1.165) is 13.1 Å². The molecule has 21 heavy (non-hydrogen) atoms. The van der Waals surface area contributed by atoms with Crippen LogP contribution in [0.25, 0.3) is 0 Å². The fourth-order valence-corrected chi connectivity index (χ4v) is 4.11. The standard InChI is InChI=1S/C18H30N2S/c1-5-8-16(20-13-11-19-12-14-20)15-9-6-7-10-17(15)21-18(2,3)4/h6-7,9-10,16,19H,5,8,11-14H2,1-4H3/t16-/m1/s1. The summed E-state index contributed by atoms with van der Waals surface area (Å²) < 4.78 is 0.260. The average molecular weight is 307 g/mol. The van der Waals surface area contributed by atoms with Crippen LogP contribution in [0.1, 0.15) is 52.1 Å². The van der Waals surface area contributed by atoms with Crippen molar-refractivity contribution in [2.75, 3.05) is 26.2 Å². The minimum absolute atomic E-state index is 0.260. The van der Waals surface area contributed by atoms with E-state index in [0.29, 0.717) is 6.04 Å². The van der Waals surface area contributed by atoms with Crippen LogP contribution >= 0.6 is 11.8 Å². The zero-order chi connectivity index (χ0) is 15.3. The van der Waals surface area contributed by atoms with Crippen molar-refractivity contribution in [2.45, 2.75) is 56.2 Å². The van der Waals surface area contributed by atoms with Gasteiger partial charge in [0.15, 0.2) is 0 Å². The average Bonchev–Trinajstić information content (AvgIpc) is 2.45. The third-order valence-electron chi connectivity index (χ3n) is 3.85. The summed E-state index contributed by atoms with van der Waals surface area (Å²) >= 11 is 2.00. The van der Waals surface area contributed by atoms with Crippen LogP contribution in [0.5, 0.6) is 0 Å². The third-order valence-corrected chi connectivity index (χ3v) is 5.05. The first-order valence-electron chi connectivity index (χ1n) is 8.24. The molecule has 1 N–H and O–H groups in total. The van der Waals surface area contributed by atoms with Crippen LogP contribution in [0, 0.1) is 0 Å². The van der Waals surface area contributed by atoms with E-state index in [1.54, 1.807) is 0 Å². The van der Waals surface area contributed by atoms with Gasteiger partial charge >= 0.3 is 0 Å². The molecule has 1 fully saturated rings. The summed E-state index contributed by atoms with van der Waals surface area (Å²) in [7, 11) is 0. The van der Waals surface area contributed by atoms with E-state index < -0.39 is 0 Å². The first-order chi connectivity index (χ1) is 10.0. The van der Waals surface area contributed by atoms with Crippen LogP contribution in [0.2, 0.25) is 0 Å². The molecule has 3 heteroatoms. The predicted octanol–water partition coefficient (Wildman–Crippen LogP) is 4.32. The van der Waals surface area contributed by atoms with Crippen LogP contribution in [-0.2, 0) is 0 Å². The first kappa shape index (κ1) is 16.9. The molecule has 1 aromatic carbocycles. The Labute approximate surface area is 134 Å². The van der Waals surface area contributed by atoms with Crippen molar-refractivity contribution < 1.29 is 0 Å². The van der Waals surface area contributed by atoms with Gasteiger partial charge in [0.1, 0.15) is 0 Å². The number of benzene rings is 1. The Kier molecular flexibility index (Phi) is 6.15. The van der Waals surface area contributed by atoms with Gasteiger partial charge in [-0.1, -0.05) is 52.3 Å². The highest BCUT2D eigenvalue weighted by Gasteiger charge is 2.25. The van der Waals surface area contributed by atoms with E-state index in [1.165, 1.54) is 36.4 Å². The third kappa shape index (κ3) is 5.01. The van der Waals surface area contributed by atoms with Crippen LogP contribution in [0.3, 0.4) is 0 Å². The van der Waals surface area contributed by atoms with Gasteiger partial charge in [-0.3, -0.25) is 4.90 Å². The number of hydrogen-bond donors (Lipinski definition) is 1. The molecule has 0 aromatic heterocycles. The fourth-order valence-electron chi connectivity index (χ4n) is 2.98. The number of thioether (sulfide) groups is 1. The minimum atomic E-state index is 0.260. The van der Waals surface area contributed by atoms with Gasteiger partial charge in [0.05, 0.1) is 0 Å². The zero-order valence-electron chi connectivity index (χ0n) is 14.0. The second-order valence-corrected chi connectivity index (χ2v) is 8.71. The zero-order valence-corrected chi connectivity index (χ0v) is 14.8. The lowest BCUT2D eigenvalue weighted by Crippen LogP contribution is -2.45. The van der Waals surface area contributed by atoms with Gasteiger partial charge in [0.25, 0.3) is 0 Å². The number of hydrogen-bond acceptors (Lipinski definition) is 3. The van der Waals surface area contributed by atoms with Crippen LogP contribution in [-0.4, -0.2) is 35.8 Å². The molecule has 1 aromatic rings. The topological polar surface area (TPSA) is 15.3 Å². The molecule has 0 bridgehead atoms. The molecule has 0 amide bonds. The van der Waals surface area contributed by atoms with Gasteiger partial charge in [-0.15, -0.1) is 11.8 Å². The number of rotatable bonds is 5. The summed E-state index contributed by atoms with van der Waals surface area (Å²) in [5.41, 5.74) is 1.53. The molecular formula is C18H30N2S. The molecule has 2 rings (SSSR count). The molecule has 1 heterocycles. The number of nitrogens with zero attached hydrogens (tertiary/aromatic N) is 1. The summed E-state index contributed by atoms with van der Waals surface area (Å²) in [6.07, 6.45) is 2.49. The lowest BCUT2D eigenvalue weighted by molar-refractivity contribution is 0.163. The smallest absolute Gasteiger partial charge is 0.0360 e. The van der Waals surface area contributed by atoms with E-state index in [2.05, 4.69) is 62.2 Å². The highest BCUT2D eigenvalue weighted by Crippen LogP contribution is 2.39. The van der Waals surface area contributed by atoms with Crippen molar-refractivity contribution in [3.05, 3.63) is 29.8 Å². The Hall–Kier alpha value is -0.510. The van der Waals surface area contributed by atoms with Crippen molar-refractivity contribution >= 4 is 11.8 Å². The van der Waals surface area contributed by atoms with E-state index >= 15 is 0 Å². The van der Waals surface area contributed by atoms with E-state index in [9.17, 15) is 0 Å². The van der Waals surface area contributed by atoms with E-state index in [-0.39, 0.29) is 4.75 Å². The second-order valence-electron chi connectivity index (χ2n) is 6.84. The molecule has 0 radical (unpaired) electrons. The van der Waals surface area contributed by atoms with Gasteiger partial charge in [0, 0.05) is 41.9 Å². The summed E-state index contributed by atoms with van der Waals surface area (Å²) in [4.78, 5) is 4.13. The molecule has 1 aliphatic heterocycles. The van der Waals surface area contributed by atoms with Crippen LogP contribution < -0.4 is 5.32 Å². The Morgan fingerprint density at radius 3 is 2.48 bits per heavy atom. The molecular weight excluding hydrogens is 276 g/mol. The van der Waals surface area contributed by atoms with Crippen molar-refractivity contribution in [3.8, 4) is 0 Å². The maximum absolute atomic E-state index is 3.47. The summed E-state index contributed by atoms with van der Waals surface area (Å²) in [6, 6.07) is 9.60. The van der Waals surface area contributed by atoms with Gasteiger partial charge in [-0.05, 0) is 18.1 Å². The molecule has 118 valence electrons. The maximum atomic E-state index is 3.47. The van der Waals surface area contributed by atoms with Gasteiger partial charge < -0.3 is 5.32 Å². The Balaban J connectivity index is 2.26. The molecule has 2 nitrogen and oxygen atoms in total. The van der Waals surface area contributed by atoms with Crippen molar-refractivity contribution in [2.24, 2.45) is 0 Å². The van der Waals surface area contributed by atoms with Crippen LogP contribution in [0.4, 0.5) is 0 Å². The molecule has 0 spiro atoms. The van der Waals surface area contributed by atoms with Gasteiger partial charge in [-0.25, -0.2) is 0 Å². The molecule has 1 aliphatic rings. The summed E-state index contributed by atoms with van der Waals surface area (Å²) in [5.74, 6) is 0. The van der Waals surface area contributed by atoms with E-state index in [1.807, 2.05) is 11.8 Å². The normalized spacial score (nSPS) is 18.7. The second kappa shape index (κ2) is 7.66. The molecule has 1 atom stereocenters. The SMILES string of the molecule is CCC[C@H](c1ccccc1SC(C)(C)C)N1CCNCC1. The van der Waals surface area contributed by atoms with Gasteiger partial charge in [0.2, 0.25) is 0 Å². The highest BCUT2D eigenvalue weighted by atomic mass is 32.2. The Bertz CT molecular complexity index is 433. The molecule has 0 saturated carbocycles. The van der Waals surface area contributed by atoms with Crippen LogP contribution in [0.15, 0.2) is 29.2 Å². The predicted molar refractivity (Wildman–Crippen MR) is 94.1 cm³/mol. The van der Waals surface area contributed by atoms with Crippen molar-refractivity contribution in [1.29, 1.82) is 0 Å². The van der Waals surface area contributed by atoms with E-state index in [4.69, 9.17) is 0 Å². The largest absolute Gasteiger partial charge is 0.314 e. The summed E-state index contributed by atoms with van der Waals surface area (Å²) in [5, 5.41) is 3.47. The summed E-state index contributed by atoms with van der Waals surface area (Å²) in [6.45, 7) is 13.8. The lowest BCUT2D eigenvalue weighted by atomic mass is 10.00. The van der Waals surface area contributed by atoms with Gasteiger partial charge in [-0.2, -0.15) is 0 Å². The molecule has 0 unspecified atom stereocenters. The number of piperazine rings is 1. The fraction of sp³-hybridized carbons (Fsp3) is 0.667. The maximum Gasteiger partial charge on any atom is 0.0360 e. The monoisotopic (exact) mass is 306 g/mol. The molecule has 0 aliphatic carbocycles. The lowest BCUT2D eigenvalue weighted by Gasteiger charge is -2.36. The molecule has 1 saturated heterocycles. The van der Waals surface area contributed by atoms with Crippen molar-refractivity contribution in [1.82, 2.24) is 10.2 Å². The van der Waals surface area contributed by atoms with Crippen molar-refractivity contribution in [3.63, 3.8) is 0 Å². The minimum Gasteiger partial charge on any atom is -0.314 e. The quantitative estimate of drug-likeness (QED) is 0.815. The highest BCUT2D eigenvalue weighted by molar-refractivity contribution is 8.00.